The lowest BCUT2D eigenvalue weighted by Crippen LogP contribution is -2.40. The van der Waals surface area contributed by atoms with Crippen molar-refractivity contribution in [1.29, 1.82) is 0 Å². The first-order valence-electron chi connectivity index (χ1n) is 7.65. The van der Waals surface area contributed by atoms with Gasteiger partial charge in [0.25, 0.3) is 0 Å². The lowest BCUT2D eigenvalue weighted by atomic mass is 10.3. The Labute approximate surface area is 129 Å². The van der Waals surface area contributed by atoms with E-state index < -0.39 is 0 Å². The van der Waals surface area contributed by atoms with E-state index in [4.69, 9.17) is 20.9 Å². The summed E-state index contributed by atoms with van der Waals surface area (Å²) in [7, 11) is 0. The normalized spacial score (nSPS) is 21.0. The van der Waals surface area contributed by atoms with Crippen molar-refractivity contribution in [3.63, 3.8) is 0 Å². The molecule has 0 spiro atoms. The van der Waals surface area contributed by atoms with E-state index in [0.29, 0.717) is 50.7 Å². The van der Waals surface area contributed by atoms with Crippen LogP contribution in [-0.4, -0.2) is 74.1 Å². The second-order valence-corrected chi connectivity index (χ2v) is 5.33. The topological polar surface area (TPSA) is 116 Å². The van der Waals surface area contributed by atoms with Crippen molar-refractivity contribution in [3.05, 3.63) is 5.82 Å². The molecule has 1 unspecified atom stereocenters. The Morgan fingerprint density at radius 2 is 1.32 bits per heavy atom. The molecule has 1 aromatic rings. The van der Waals surface area contributed by atoms with Gasteiger partial charge in [-0.25, -0.2) is 0 Å². The van der Waals surface area contributed by atoms with Crippen molar-refractivity contribution < 1.29 is 9.47 Å². The molecule has 4 N–H and O–H groups in total. The van der Waals surface area contributed by atoms with E-state index in [1.54, 1.807) is 0 Å². The van der Waals surface area contributed by atoms with Crippen LogP contribution in [0.2, 0.25) is 0 Å². The second-order valence-electron chi connectivity index (χ2n) is 5.33. The van der Waals surface area contributed by atoms with Crippen LogP contribution in [0, 0.1) is 0 Å². The molecule has 2 fully saturated rings. The predicted molar refractivity (Wildman–Crippen MR) is 81.9 cm³/mol. The molecular formula is C13H23N7O2. The molecule has 0 radical (unpaired) electrons. The van der Waals surface area contributed by atoms with E-state index in [9.17, 15) is 0 Å². The van der Waals surface area contributed by atoms with Crippen molar-refractivity contribution in [2.24, 2.45) is 11.5 Å². The highest BCUT2D eigenvalue weighted by atomic mass is 16.5. The standard InChI is InChI=1S/C13H23N7O2/c14-9-10(15)11-16-12(19-1-5-21-6-2-19)18-13(17-11)20-3-7-22-8-4-20/h10H,1-9,14-15H2. The van der Waals surface area contributed by atoms with Crippen LogP contribution < -0.4 is 21.3 Å². The minimum atomic E-state index is -0.386. The van der Waals surface area contributed by atoms with Gasteiger partial charge in [-0.15, -0.1) is 0 Å². The Morgan fingerprint density at radius 3 is 1.73 bits per heavy atom. The average Bonchev–Trinajstić information content (AvgIpc) is 2.62. The van der Waals surface area contributed by atoms with Gasteiger partial charge in [-0.2, -0.15) is 15.0 Å². The zero-order chi connectivity index (χ0) is 15.4. The van der Waals surface area contributed by atoms with E-state index in [1.807, 2.05) is 0 Å². The SMILES string of the molecule is NCC(N)c1nc(N2CCOCC2)nc(N2CCOCC2)n1. The maximum atomic E-state index is 6.03. The molecule has 0 bridgehead atoms. The molecule has 122 valence electrons. The Balaban J connectivity index is 1.90. The highest BCUT2D eigenvalue weighted by Crippen LogP contribution is 2.18. The molecule has 1 aromatic heterocycles. The van der Waals surface area contributed by atoms with Crippen molar-refractivity contribution >= 4 is 11.9 Å². The van der Waals surface area contributed by atoms with Gasteiger partial charge in [0.15, 0.2) is 5.82 Å². The molecule has 2 aliphatic heterocycles. The molecule has 2 aliphatic rings. The molecule has 3 heterocycles. The largest absolute Gasteiger partial charge is 0.378 e. The predicted octanol–water partition coefficient (Wildman–Crippen LogP) is -1.50. The summed E-state index contributed by atoms with van der Waals surface area (Å²) in [6.45, 7) is 6.08. The smallest absolute Gasteiger partial charge is 0.230 e. The summed E-state index contributed by atoms with van der Waals surface area (Å²) < 4.78 is 10.8. The monoisotopic (exact) mass is 309 g/mol. The first-order chi connectivity index (χ1) is 10.8. The summed E-state index contributed by atoms with van der Waals surface area (Å²) >= 11 is 0. The minimum Gasteiger partial charge on any atom is -0.378 e. The zero-order valence-electron chi connectivity index (χ0n) is 12.6. The third-order valence-corrected chi connectivity index (χ3v) is 3.80. The van der Waals surface area contributed by atoms with Gasteiger partial charge in [-0.3, -0.25) is 0 Å². The minimum absolute atomic E-state index is 0.301. The molecule has 0 aromatic carbocycles. The lowest BCUT2D eigenvalue weighted by molar-refractivity contribution is 0.121. The van der Waals surface area contributed by atoms with Gasteiger partial charge in [-0.1, -0.05) is 0 Å². The number of nitrogens with zero attached hydrogens (tertiary/aromatic N) is 5. The summed E-state index contributed by atoms with van der Waals surface area (Å²) in [5.74, 6) is 1.85. The summed E-state index contributed by atoms with van der Waals surface area (Å²) in [6.07, 6.45) is 0. The Morgan fingerprint density at radius 1 is 0.864 bits per heavy atom. The number of anilines is 2. The third-order valence-electron chi connectivity index (χ3n) is 3.80. The van der Waals surface area contributed by atoms with Gasteiger partial charge >= 0.3 is 0 Å². The first-order valence-corrected chi connectivity index (χ1v) is 7.65. The Kier molecular flexibility index (Phi) is 4.98. The zero-order valence-corrected chi connectivity index (χ0v) is 12.6. The van der Waals surface area contributed by atoms with Crippen LogP contribution in [-0.2, 0) is 9.47 Å². The number of morpholine rings is 2. The molecule has 3 rings (SSSR count). The lowest BCUT2D eigenvalue weighted by Gasteiger charge is -2.30. The van der Waals surface area contributed by atoms with Crippen LogP contribution in [0.1, 0.15) is 11.9 Å². The number of hydrogen-bond donors (Lipinski definition) is 2. The number of nitrogens with two attached hydrogens (primary N) is 2. The fourth-order valence-electron chi connectivity index (χ4n) is 2.45. The molecule has 2 saturated heterocycles. The van der Waals surface area contributed by atoms with Crippen LogP contribution in [0.15, 0.2) is 0 Å². The van der Waals surface area contributed by atoms with Crippen molar-refractivity contribution in [1.82, 2.24) is 15.0 Å². The van der Waals surface area contributed by atoms with Crippen molar-refractivity contribution in [2.45, 2.75) is 6.04 Å². The van der Waals surface area contributed by atoms with E-state index >= 15 is 0 Å². The summed E-state index contributed by atoms with van der Waals surface area (Å²) in [4.78, 5) is 17.8. The van der Waals surface area contributed by atoms with Gasteiger partial charge < -0.3 is 30.7 Å². The summed E-state index contributed by atoms with van der Waals surface area (Å²) in [6, 6.07) is -0.386. The van der Waals surface area contributed by atoms with Gasteiger partial charge in [0.2, 0.25) is 11.9 Å². The number of hydrogen-bond acceptors (Lipinski definition) is 9. The molecule has 9 heteroatoms. The molecular weight excluding hydrogens is 286 g/mol. The van der Waals surface area contributed by atoms with Crippen LogP contribution in [0.5, 0.6) is 0 Å². The maximum absolute atomic E-state index is 6.03. The van der Waals surface area contributed by atoms with Gasteiger partial charge in [0, 0.05) is 32.7 Å². The molecule has 0 saturated carbocycles. The Bertz CT molecular complexity index is 453. The fourth-order valence-corrected chi connectivity index (χ4v) is 2.45. The van der Waals surface area contributed by atoms with Crippen LogP contribution >= 0.6 is 0 Å². The Hall–Kier alpha value is -1.55. The molecule has 0 aliphatic carbocycles. The average molecular weight is 309 g/mol. The van der Waals surface area contributed by atoms with Crippen LogP contribution in [0.3, 0.4) is 0 Å². The third kappa shape index (κ3) is 3.43. The molecule has 9 nitrogen and oxygen atoms in total. The van der Waals surface area contributed by atoms with Crippen molar-refractivity contribution in [3.8, 4) is 0 Å². The summed E-state index contributed by atoms with van der Waals surface area (Å²) in [5.41, 5.74) is 11.7. The number of rotatable bonds is 4. The maximum Gasteiger partial charge on any atom is 0.230 e. The van der Waals surface area contributed by atoms with Gasteiger partial charge in [0.05, 0.1) is 32.5 Å². The molecule has 22 heavy (non-hydrogen) atoms. The number of aromatic nitrogens is 3. The van der Waals surface area contributed by atoms with Crippen LogP contribution in [0.4, 0.5) is 11.9 Å². The summed E-state index contributed by atoms with van der Waals surface area (Å²) in [5, 5.41) is 0. The quantitative estimate of drug-likeness (QED) is 0.685. The molecule has 0 amide bonds. The molecule has 1 atom stereocenters. The second kappa shape index (κ2) is 7.14. The van der Waals surface area contributed by atoms with E-state index in [2.05, 4.69) is 24.8 Å². The van der Waals surface area contributed by atoms with E-state index in [0.717, 1.165) is 26.2 Å². The van der Waals surface area contributed by atoms with E-state index in [-0.39, 0.29) is 6.04 Å². The first kappa shape index (κ1) is 15.3. The highest BCUT2D eigenvalue weighted by molar-refractivity contribution is 5.40. The highest BCUT2D eigenvalue weighted by Gasteiger charge is 2.22. The van der Waals surface area contributed by atoms with E-state index in [1.165, 1.54) is 0 Å². The fraction of sp³-hybridized carbons (Fsp3) is 0.769. The van der Waals surface area contributed by atoms with Crippen LogP contribution in [0.25, 0.3) is 0 Å². The van der Waals surface area contributed by atoms with Crippen molar-refractivity contribution in [2.75, 3.05) is 69.0 Å². The van der Waals surface area contributed by atoms with Gasteiger partial charge in [-0.05, 0) is 0 Å². The number of ether oxygens (including phenoxy) is 2. The van der Waals surface area contributed by atoms with Gasteiger partial charge in [0.1, 0.15) is 0 Å².